The second-order valence-corrected chi connectivity index (χ2v) is 4.70. The average Bonchev–Trinajstić information content (AvgIpc) is 2.88. The Kier molecular flexibility index (Phi) is 3.77. The van der Waals surface area contributed by atoms with E-state index in [1.165, 1.54) is 6.33 Å². The van der Waals surface area contributed by atoms with Gasteiger partial charge in [-0.25, -0.2) is 0 Å². The van der Waals surface area contributed by atoms with Crippen LogP contribution in [0.15, 0.2) is 12.4 Å². The van der Waals surface area contributed by atoms with E-state index in [1.54, 1.807) is 10.6 Å². The van der Waals surface area contributed by atoms with E-state index in [9.17, 15) is 0 Å². The zero-order valence-electron chi connectivity index (χ0n) is 10.4. The van der Waals surface area contributed by atoms with Gasteiger partial charge in [-0.1, -0.05) is 11.6 Å². The van der Waals surface area contributed by atoms with Crippen molar-refractivity contribution in [3.63, 3.8) is 0 Å². The summed E-state index contributed by atoms with van der Waals surface area (Å²) in [5, 5.41) is 7.84. The second-order valence-electron chi connectivity index (χ2n) is 4.32. The van der Waals surface area contributed by atoms with Gasteiger partial charge in [0.05, 0.1) is 13.2 Å². The second kappa shape index (κ2) is 5.68. The predicted molar refractivity (Wildman–Crippen MR) is 71.5 cm³/mol. The summed E-state index contributed by atoms with van der Waals surface area (Å²) in [6.07, 6.45) is 1.46. The monoisotopic (exact) mass is 282 g/mol. The molecule has 1 fully saturated rings. The topological polar surface area (TPSA) is 67.6 Å². The molecule has 0 saturated carbocycles. The van der Waals surface area contributed by atoms with Crippen LogP contribution in [0.3, 0.4) is 0 Å². The van der Waals surface area contributed by atoms with Crippen molar-refractivity contribution in [3.8, 4) is 0 Å². The molecule has 1 saturated heterocycles. The van der Waals surface area contributed by atoms with E-state index >= 15 is 0 Å². The molecule has 19 heavy (non-hydrogen) atoms. The minimum absolute atomic E-state index is 0.411. The first-order chi connectivity index (χ1) is 9.33. The summed E-state index contributed by atoms with van der Waals surface area (Å²) in [6.45, 7) is 5.37. The Morgan fingerprint density at radius 3 is 3.05 bits per heavy atom. The number of morpholine rings is 1. The summed E-state index contributed by atoms with van der Waals surface area (Å²) in [7, 11) is 0. The third kappa shape index (κ3) is 2.94. The summed E-state index contributed by atoms with van der Waals surface area (Å²) in [5.74, 6) is 1.31. The van der Waals surface area contributed by atoms with Gasteiger partial charge in [-0.15, -0.1) is 0 Å². The standard InChI is InChI=1S/C11H15ClN6O/c12-9-7-10(18-11(16-9)14-8-15-18)13-1-2-17-3-5-19-6-4-17/h7-8,13H,1-6H2. The van der Waals surface area contributed by atoms with E-state index in [1.807, 2.05) is 0 Å². The molecule has 2 aromatic rings. The predicted octanol–water partition coefficient (Wildman–Crippen LogP) is 0.522. The number of aromatic nitrogens is 4. The fourth-order valence-corrected chi connectivity index (χ4v) is 2.26. The van der Waals surface area contributed by atoms with Gasteiger partial charge in [-0.05, 0) is 0 Å². The van der Waals surface area contributed by atoms with Gasteiger partial charge >= 0.3 is 0 Å². The molecule has 0 unspecified atom stereocenters. The molecule has 0 aliphatic carbocycles. The normalized spacial score (nSPS) is 16.9. The zero-order chi connectivity index (χ0) is 13.1. The van der Waals surface area contributed by atoms with Crippen molar-refractivity contribution in [2.75, 3.05) is 44.7 Å². The Hall–Kier alpha value is -1.44. The lowest BCUT2D eigenvalue weighted by molar-refractivity contribution is 0.0398. The maximum Gasteiger partial charge on any atom is 0.255 e. The average molecular weight is 283 g/mol. The molecule has 0 radical (unpaired) electrons. The molecule has 0 amide bonds. The van der Waals surface area contributed by atoms with Crippen LogP contribution in [0.2, 0.25) is 5.15 Å². The highest BCUT2D eigenvalue weighted by molar-refractivity contribution is 6.29. The van der Waals surface area contributed by atoms with Crippen molar-refractivity contribution in [2.45, 2.75) is 0 Å². The smallest absolute Gasteiger partial charge is 0.255 e. The SMILES string of the molecule is Clc1cc(NCCN2CCOCC2)n2ncnc2n1. The van der Waals surface area contributed by atoms with Crippen molar-refractivity contribution in [1.29, 1.82) is 0 Å². The highest BCUT2D eigenvalue weighted by Crippen LogP contribution is 2.14. The Bertz CT molecular complexity index is 553. The van der Waals surface area contributed by atoms with E-state index < -0.39 is 0 Å². The Labute approximate surface area is 115 Å². The first-order valence-corrected chi connectivity index (χ1v) is 6.61. The molecular formula is C11H15ClN6O. The van der Waals surface area contributed by atoms with Crippen LogP contribution in [0.5, 0.6) is 0 Å². The number of halogens is 1. The lowest BCUT2D eigenvalue weighted by atomic mass is 10.4. The lowest BCUT2D eigenvalue weighted by Gasteiger charge is -2.26. The largest absolute Gasteiger partial charge is 0.379 e. The molecule has 1 aliphatic rings. The van der Waals surface area contributed by atoms with Gasteiger partial charge in [0.25, 0.3) is 5.78 Å². The van der Waals surface area contributed by atoms with E-state index in [0.29, 0.717) is 10.9 Å². The van der Waals surface area contributed by atoms with Crippen LogP contribution in [0.1, 0.15) is 0 Å². The van der Waals surface area contributed by atoms with Gasteiger partial charge < -0.3 is 10.1 Å². The maximum absolute atomic E-state index is 5.95. The first-order valence-electron chi connectivity index (χ1n) is 6.23. The number of nitrogens with zero attached hydrogens (tertiary/aromatic N) is 5. The van der Waals surface area contributed by atoms with Gasteiger partial charge in [0.1, 0.15) is 17.3 Å². The number of anilines is 1. The zero-order valence-corrected chi connectivity index (χ0v) is 11.2. The lowest BCUT2D eigenvalue weighted by Crippen LogP contribution is -2.39. The third-order valence-corrected chi connectivity index (χ3v) is 3.25. The van der Waals surface area contributed by atoms with E-state index in [-0.39, 0.29) is 0 Å². The van der Waals surface area contributed by atoms with Crippen molar-refractivity contribution in [1.82, 2.24) is 24.5 Å². The van der Waals surface area contributed by atoms with Crippen LogP contribution >= 0.6 is 11.6 Å². The van der Waals surface area contributed by atoms with Crippen molar-refractivity contribution in [2.24, 2.45) is 0 Å². The minimum atomic E-state index is 0.411. The fraction of sp³-hybridized carbons (Fsp3) is 0.545. The van der Waals surface area contributed by atoms with Crippen molar-refractivity contribution < 1.29 is 4.74 Å². The molecule has 3 rings (SSSR count). The molecular weight excluding hydrogens is 268 g/mol. The molecule has 1 N–H and O–H groups in total. The van der Waals surface area contributed by atoms with Crippen LogP contribution in [-0.2, 0) is 4.74 Å². The quantitative estimate of drug-likeness (QED) is 0.825. The number of ether oxygens (including phenoxy) is 1. The number of rotatable bonds is 4. The Balaban J connectivity index is 1.63. The number of hydrogen-bond donors (Lipinski definition) is 1. The summed E-state index contributed by atoms with van der Waals surface area (Å²) in [5.41, 5.74) is 0. The number of fused-ring (bicyclic) bond motifs is 1. The minimum Gasteiger partial charge on any atom is -0.379 e. The van der Waals surface area contributed by atoms with E-state index in [4.69, 9.17) is 16.3 Å². The highest BCUT2D eigenvalue weighted by atomic mass is 35.5. The Morgan fingerprint density at radius 2 is 2.21 bits per heavy atom. The van der Waals surface area contributed by atoms with Gasteiger partial charge in [0.2, 0.25) is 0 Å². The van der Waals surface area contributed by atoms with Gasteiger partial charge in [-0.2, -0.15) is 19.6 Å². The first kappa shape index (κ1) is 12.6. The molecule has 1 aliphatic heterocycles. The van der Waals surface area contributed by atoms with Crippen LogP contribution in [0, 0.1) is 0 Å². The van der Waals surface area contributed by atoms with Crippen LogP contribution in [-0.4, -0.2) is 63.9 Å². The fourth-order valence-electron chi connectivity index (χ4n) is 2.08. The van der Waals surface area contributed by atoms with Crippen LogP contribution in [0.4, 0.5) is 5.82 Å². The molecule has 0 bridgehead atoms. The number of nitrogens with one attached hydrogen (secondary N) is 1. The molecule has 7 nitrogen and oxygen atoms in total. The van der Waals surface area contributed by atoms with E-state index in [0.717, 1.165) is 45.2 Å². The highest BCUT2D eigenvalue weighted by Gasteiger charge is 2.10. The summed E-state index contributed by atoms with van der Waals surface area (Å²) in [4.78, 5) is 10.5. The summed E-state index contributed by atoms with van der Waals surface area (Å²) in [6, 6.07) is 1.75. The van der Waals surface area contributed by atoms with Crippen LogP contribution < -0.4 is 5.32 Å². The molecule has 102 valence electrons. The van der Waals surface area contributed by atoms with Crippen molar-refractivity contribution >= 4 is 23.2 Å². The van der Waals surface area contributed by atoms with Gasteiger partial charge in [0, 0.05) is 32.2 Å². The van der Waals surface area contributed by atoms with Gasteiger partial charge in [-0.3, -0.25) is 4.90 Å². The summed E-state index contributed by atoms with van der Waals surface area (Å²) >= 11 is 5.95. The number of hydrogen-bond acceptors (Lipinski definition) is 6. The van der Waals surface area contributed by atoms with E-state index in [2.05, 4.69) is 25.3 Å². The summed E-state index contributed by atoms with van der Waals surface area (Å²) < 4.78 is 6.96. The van der Waals surface area contributed by atoms with Crippen molar-refractivity contribution in [3.05, 3.63) is 17.5 Å². The molecule has 8 heteroatoms. The third-order valence-electron chi connectivity index (χ3n) is 3.06. The molecule has 0 aromatic carbocycles. The molecule has 0 atom stereocenters. The Morgan fingerprint density at radius 1 is 1.37 bits per heavy atom. The molecule has 0 spiro atoms. The molecule has 2 aromatic heterocycles. The van der Waals surface area contributed by atoms with Crippen LogP contribution in [0.25, 0.3) is 5.78 Å². The maximum atomic E-state index is 5.95. The van der Waals surface area contributed by atoms with Gasteiger partial charge in [0.15, 0.2) is 0 Å². The molecule has 3 heterocycles.